The van der Waals surface area contributed by atoms with E-state index in [1.54, 1.807) is 6.92 Å². The Balaban J connectivity index is 1.95. The Labute approximate surface area is 71.1 Å². The van der Waals surface area contributed by atoms with Gasteiger partial charge in [0.1, 0.15) is 5.60 Å². The van der Waals surface area contributed by atoms with Gasteiger partial charge in [0, 0.05) is 0 Å². The van der Waals surface area contributed by atoms with Crippen LogP contribution in [-0.2, 0) is 9.63 Å². The molecule has 0 bridgehead atoms. The zero-order chi connectivity index (χ0) is 8.77. The molecule has 4 heteroatoms. The third-order valence-corrected chi connectivity index (χ3v) is 2.29. The van der Waals surface area contributed by atoms with Gasteiger partial charge in [-0.1, -0.05) is 0 Å². The fourth-order valence-corrected chi connectivity index (χ4v) is 1.47. The molecule has 2 fully saturated rings. The average molecular weight is 171 g/mol. The van der Waals surface area contributed by atoms with E-state index >= 15 is 0 Å². The highest BCUT2D eigenvalue weighted by atomic mass is 16.7. The van der Waals surface area contributed by atoms with Crippen molar-refractivity contribution in [2.45, 2.75) is 37.9 Å². The summed E-state index contributed by atoms with van der Waals surface area (Å²) in [5.74, 6) is 0.00778. The second-order valence-corrected chi connectivity index (χ2v) is 3.75. The number of amides is 1. The van der Waals surface area contributed by atoms with Crippen LogP contribution in [0.3, 0.4) is 0 Å². The quantitative estimate of drug-likeness (QED) is 0.639. The van der Waals surface area contributed by atoms with Crippen molar-refractivity contribution >= 4 is 5.91 Å². The molecule has 2 aliphatic rings. The minimum atomic E-state index is -0.511. The smallest absolute Gasteiger partial charge is 0.249 e. The van der Waals surface area contributed by atoms with Crippen LogP contribution in [0, 0.1) is 0 Å². The normalized spacial score (nSPS) is 28.2. The Morgan fingerprint density at radius 1 is 1.75 bits per heavy atom. The van der Waals surface area contributed by atoms with Gasteiger partial charge in [0.2, 0.25) is 5.91 Å². The van der Waals surface area contributed by atoms with E-state index in [0.29, 0.717) is 13.0 Å². The van der Waals surface area contributed by atoms with E-state index in [-0.39, 0.29) is 11.5 Å². The molecule has 0 aromatic carbocycles. The van der Waals surface area contributed by atoms with Crippen LogP contribution in [-0.4, -0.2) is 34.3 Å². The van der Waals surface area contributed by atoms with E-state index in [9.17, 15) is 4.79 Å². The van der Waals surface area contributed by atoms with Crippen LogP contribution >= 0.6 is 0 Å². The standard InChI is InChI=1S/C8H13NO3/c1-6(10)5-9-7(11)4-8(12-9)2-3-8/h6,10H,2-5H2,1H3. The summed E-state index contributed by atoms with van der Waals surface area (Å²) in [7, 11) is 0. The molecule has 12 heavy (non-hydrogen) atoms. The molecule has 0 aromatic rings. The van der Waals surface area contributed by atoms with Gasteiger partial charge in [-0.25, -0.2) is 5.06 Å². The first kappa shape index (κ1) is 8.01. The zero-order valence-corrected chi connectivity index (χ0v) is 7.12. The fraction of sp³-hybridized carbons (Fsp3) is 0.875. The van der Waals surface area contributed by atoms with E-state index in [1.165, 1.54) is 5.06 Å². The van der Waals surface area contributed by atoms with Crippen molar-refractivity contribution in [1.82, 2.24) is 5.06 Å². The van der Waals surface area contributed by atoms with E-state index in [1.807, 2.05) is 0 Å². The molecule has 68 valence electrons. The second-order valence-electron chi connectivity index (χ2n) is 3.75. The number of hydrogen-bond donors (Lipinski definition) is 1. The number of hydroxylamine groups is 2. The van der Waals surface area contributed by atoms with Gasteiger partial charge in [-0.05, 0) is 19.8 Å². The van der Waals surface area contributed by atoms with Gasteiger partial charge in [0.05, 0.1) is 19.1 Å². The summed E-state index contributed by atoms with van der Waals surface area (Å²) in [6.45, 7) is 1.94. The summed E-state index contributed by atoms with van der Waals surface area (Å²) in [6.07, 6.45) is 1.95. The molecule has 1 N–H and O–H groups in total. The van der Waals surface area contributed by atoms with Crippen molar-refractivity contribution in [3.8, 4) is 0 Å². The zero-order valence-electron chi connectivity index (χ0n) is 7.12. The number of nitrogens with zero attached hydrogens (tertiary/aromatic N) is 1. The van der Waals surface area contributed by atoms with Crippen LogP contribution in [0.15, 0.2) is 0 Å². The summed E-state index contributed by atoms with van der Waals surface area (Å²) in [5.41, 5.74) is -0.161. The maximum Gasteiger partial charge on any atom is 0.249 e. The van der Waals surface area contributed by atoms with Gasteiger partial charge >= 0.3 is 0 Å². The Morgan fingerprint density at radius 2 is 2.42 bits per heavy atom. The predicted octanol–water partition coefficient (Wildman–Crippen LogP) is 0.0637. The van der Waals surface area contributed by atoms with Gasteiger partial charge in [0.25, 0.3) is 0 Å². The van der Waals surface area contributed by atoms with Gasteiger partial charge in [0.15, 0.2) is 0 Å². The molecule has 1 aliphatic heterocycles. The van der Waals surface area contributed by atoms with Gasteiger partial charge in [-0.15, -0.1) is 0 Å². The lowest BCUT2D eigenvalue weighted by Crippen LogP contribution is -2.31. The largest absolute Gasteiger partial charge is 0.391 e. The van der Waals surface area contributed by atoms with Gasteiger partial charge in [-0.3, -0.25) is 9.63 Å². The molecule has 0 aromatic heterocycles. The van der Waals surface area contributed by atoms with Crippen molar-refractivity contribution in [3.05, 3.63) is 0 Å². The van der Waals surface area contributed by atoms with Crippen molar-refractivity contribution in [2.75, 3.05) is 6.54 Å². The predicted molar refractivity (Wildman–Crippen MR) is 41.1 cm³/mol. The number of carbonyl (C=O) groups is 1. The first-order valence-electron chi connectivity index (χ1n) is 4.29. The van der Waals surface area contributed by atoms with E-state index in [4.69, 9.17) is 9.94 Å². The number of aliphatic hydroxyl groups excluding tert-OH is 1. The highest BCUT2D eigenvalue weighted by Gasteiger charge is 2.54. The summed E-state index contributed by atoms with van der Waals surface area (Å²) in [5, 5.41) is 10.4. The molecule has 1 amide bonds. The second kappa shape index (κ2) is 2.44. The van der Waals surface area contributed by atoms with Crippen molar-refractivity contribution in [1.29, 1.82) is 0 Å². The molecule has 1 heterocycles. The van der Waals surface area contributed by atoms with Crippen LogP contribution < -0.4 is 0 Å². The lowest BCUT2D eigenvalue weighted by atomic mass is 10.2. The van der Waals surface area contributed by atoms with Crippen LogP contribution in [0.4, 0.5) is 0 Å². The highest BCUT2D eigenvalue weighted by Crippen LogP contribution is 2.47. The molecule has 1 spiro atoms. The number of hydrogen-bond acceptors (Lipinski definition) is 3. The third kappa shape index (κ3) is 1.32. The Kier molecular flexibility index (Phi) is 1.63. The van der Waals surface area contributed by atoms with Gasteiger partial charge < -0.3 is 5.11 Å². The molecule has 1 unspecified atom stereocenters. The topological polar surface area (TPSA) is 49.8 Å². The molecule has 1 saturated heterocycles. The maximum absolute atomic E-state index is 11.3. The van der Waals surface area contributed by atoms with E-state index in [2.05, 4.69) is 0 Å². The molecule has 1 atom stereocenters. The molecule has 0 radical (unpaired) electrons. The number of β-amino-alcohol motifs (C(OH)–C–C–N with tert-alkyl or cyclic N) is 1. The van der Waals surface area contributed by atoms with Crippen LogP contribution in [0.2, 0.25) is 0 Å². The minimum absolute atomic E-state index is 0.00778. The monoisotopic (exact) mass is 171 g/mol. The Bertz CT molecular complexity index is 210. The minimum Gasteiger partial charge on any atom is -0.391 e. The van der Waals surface area contributed by atoms with Gasteiger partial charge in [-0.2, -0.15) is 0 Å². The molecule has 4 nitrogen and oxygen atoms in total. The third-order valence-electron chi connectivity index (χ3n) is 2.29. The molecule has 1 aliphatic carbocycles. The highest BCUT2D eigenvalue weighted by molar-refractivity contribution is 5.78. The van der Waals surface area contributed by atoms with E-state index in [0.717, 1.165) is 12.8 Å². The Hall–Kier alpha value is -0.610. The first-order chi connectivity index (χ1) is 5.61. The number of rotatable bonds is 2. The summed E-state index contributed by atoms with van der Waals surface area (Å²) in [4.78, 5) is 16.7. The van der Waals surface area contributed by atoms with E-state index < -0.39 is 6.10 Å². The number of carbonyl (C=O) groups excluding carboxylic acids is 1. The molecule has 1 saturated carbocycles. The number of aliphatic hydroxyl groups is 1. The summed E-state index contributed by atoms with van der Waals surface area (Å²) >= 11 is 0. The van der Waals surface area contributed by atoms with Crippen LogP contribution in [0.25, 0.3) is 0 Å². The lowest BCUT2D eigenvalue weighted by Gasteiger charge is -2.17. The summed E-state index contributed by atoms with van der Waals surface area (Å²) < 4.78 is 0. The maximum atomic E-state index is 11.3. The molecular weight excluding hydrogens is 158 g/mol. The van der Waals surface area contributed by atoms with Crippen molar-refractivity contribution in [3.63, 3.8) is 0 Å². The lowest BCUT2D eigenvalue weighted by molar-refractivity contribution is -0.184. The molecule has 2 rings (SSSR count). The first-order valence-corrected chi connectivity index (χ1v) is 4.29. The van der Waals surface area contributed by atoms with Crippen molar-refractivity contribution < 1.29 is 14.7 Å². The van der Waals surface area contributed by atoms with Crippen LogP contribution in [0.5, 0.6) is 0 Å². The average Bonchev–Trinajstić information content (AvgIpc) is 2.59. The summed E-state index contributed by atoms with van der Waals surface area (Å²) in [6, 6.07) is 0. The Morgan fingerprint density at radius 3 is 2.83 bits per heavy atom. The van der Waals surface area contributed by atoms with Crippen LogP contribution in [0.1, 0.15) is 26.2 Å². The molecular formula is C8H13NO3. The fourth-order valence-electron chi connectivity index (χ4n) is 1.47. The van der Waals surface area contributed by atoms with Crippen molar-refractivity contribution in [2.24, 2.45) is 0 Å². The SMILES string of the molecule is CC(O)CN1OC2(CC2)CC1=O.